The Morgan fingerprint density at radius 2 is 2.00 bits per heavy atom. The molecule has 0 aliphatic rings. The van der Waals surface area contributed by atoms with Crippen molar-refractivity contribution in [1.82, 2.24) is 0 Å². The van der Waals surface area contributed by atoms with Crippen LogP contribution in [0.5, 0.6) is 5.75 Å². The van der Waals surface area contributed by atoms with Crippen LogP contribution in [0.25, 0.3) is 0 Å². The van der Waals surface area contributed by atoms with Crippen molar-refractivity contribution in [3.05, 3.63) is 28.8 Å². The molecule has 16 heavy (non-hydrogen) atoms. The summed E-state index contributed by atoms with van der Waals surface area (Å²) in [5.41, 5.74) is 2.90. The van der Waals surface area contributed by atoms with E-state index in [2.05, 4.69) is 6.92 Å². The van der Waals surface area contributed by atoms with Gasteiger partial charge in [-0.15, -0.1) is 0 Å². The van der Waals surface area contributed by atoms with Crippen molar-refractivity contribution < 1.29 is 9.53 Å². The number of methoxy groups -OCH3 is 1. The summed E-state index contributed by atoms with van der Waals surface area (Å²) >= 11 is 1.65. The number of carbonyl (C=O) groups is 1. The smallest absolute Gasteiger partial charge is 0.172 e. The Morgan fingerprint density at radius 3 is 2.56 bits per heavy atom. The van der Waals surface area contributed by atoms with Gasteiger partial charge in [0.25, 0.3) is 0 Å². The molecule has 0 amide bonds. The number of benzene rings is 1. The molecule has 3 heteroatoms. The molecule has 0 bridgehead atoms. The van der Waals surface area contributed by atoms with Crippen molar-refractivity contribution in [3.63, 3.8) is 0 Å². The normalized spacial score (nSPS) is 10.2. The first kappa shape index (κ1) is 13.1. The maximum absolute atomic E-state index is 11.9. The van der Waals surface area contributed by atoms with Gasteiger partial charge in [-0.2, -0.15) is 11.8 Å². The molecule has 88 valence electrons. The molecule has 0 aliphatic carbocycles. The minimum absolute atomic E-state index is 0.204. The number of thioether (sulfide) groups is 1. The number of hydrogen-bond acceptors (Lipinski definition) is 3. The van der Waals surface area contributed by atoms with Crippen LogP contribution in [-0.2, 0) is 0 Å². The quantitative estimate of drug-likeness (QED) is 0.737. The van der Waals surface area contributed by atoms with Crippen molar-refractivity contribution in [1.29, 1.82) is 0 Å². The number of carbonyl (C=O) groups excluding carboxylic acids is 1. The summed E-state index contributed by atoms with van der Waals surface area (Å²) in [6, 6.07) is 3.73. The Balaban J connectivity index is 2.98. The highest BCUT2D eigenvalue weighted by atomic mass is 32.2. The maximum atomic E-state index is 11.9. The number of ether oxygens (including phenoxy) is 1. The Hall–Kier alpha value is -0.960. The molecule has 0 unspecified atom stereocenters. The summed E-state index contributed by atoms with van der Waals surface area (Å²) in [7, 11) is 1.65. The molecule has 2 nitrogen and oxygen atoms in total. The summed E-state index contributed by atoms with van der Waals surface area (Å²) in [6.45, 7) is 6.02. The fourth-order valence-corrected chi connectivity index (χ4v) is 2.14. The third kappa shape index (κ3) is 2.79. The second-order valence-corrected chi connectivity index (χ2v) is 4.90. The molecule has 0 N–H and O–H groups in total. The van der Waals surface area contributed by atoms with E-state index in [1.165, 1.54) is 0 Å². The number of hydrogen-bond donors (Lipinski definition) is 0. The third-order valence-corrected chi connectivity index (χ3v) is 3.57. The molecular formula is C13H18O2S. The highest BCUT2D eigenvalue weighted by molar-refractivity contribution is 7.99. The molecule has 1 rings (SSSR count). The number of rotatable bonds is 5. The van der Waals surface area contributed by atoms with Gasteiger partial charge in [0.2, 0.25) is 0 Å². The molecule has 0 aromatic heterocycles. The molecule has 0 saturated carbocycles. The summed E-state index contributed by atoms with van der Waals surface area (Å²) in [5.74, 6) is 2.58. The van der Waals surface area contributed by atoms with Crippen molar-refractivity contribution >= 4 is 17.5 Å². The fraction of sp³-hybridized carbons (Fsp3) is 0.462. The lowest BCUT2D eigenvalue weighted by Gasteiger charge is -2.11. The zero-order chi connectivity index (χ0) is 12.1. The van der Waals surface area contributed by atoms with E-state index in [4.69, 9.17) is 4.74 Å². The van der Waals surface area contributed by atoms with Gasteiger partial charge in [-0.25, -0.2) is 0 Å². The molecule has 0 aliphatic heterocycles. The Kier molecular flexibility index (Phi) is 4.87. The average Bonchev–Trinajstić information content (AvgIpc) is 2.29. The highest BCUT2D eigenvalue weighted by Gasteiger charge is 2.12. The minimum atomic E-state index is 0.204. The fourth-order valence-electron chi connectivity index (χ4n) is 1.59. The summed E-state index contributed by atoms with van der Waals surface area (Å²) < 4.78 is 5.23. The monoisotopic (exact) mass is 238 g/mol. The van der Waals surface area contributed by atoms with Crippen molar-refractivity contribution in [2.24, 2.45) is 0 Å². The van der Waals surface area contributed by atoms with Crippen LogP contribution < -0.4 is 4.74 Å². The van der Waals surface area contributed by atoms with E-state index in [9.17, 15) is 4.79 Å². The lowest BCUT2D eigenvalue weighted by molar-refractivity contribution is 0.102. The van der Waals surface area contributed by atoms with Gasteiger partial charge >= 0.3 is 0 Å². The Bertz CT molecular complexity index is 386. The minimum Gasteiger partial charge on any atom is -0.496 e. The molecule has 0 saturated heterocycles. The molecule has 0 fully saturated rings. The topological polar surface area (TPSA) is 26.3 Å². The lowest BCUT2D eigenvalue weighted by atomic mass is 10.00. The van der Waals surface area contributed by atoms with Crippen LogP contribution in [-0.4, -0.2) is 24.4 Å². The van der Waals surface area contributed by atoms with Crippen molar-refractivity contribution in [2.45, 2.75) is 20.8 Å². The second kappa shape index (κ2) is 5.94. The van der Waals surface area contributed by atoms with Gasteiger partial charge in [0, 0.05) is 5.56 Å². The first-order valence-electron chi connectivity index (χ1n) is 5.37. The van der Waals surface area contributed by atoms with E-state index in [0.717, 1.165) is 28.2 Å². The summed E-state index contributed by atoms with van der Waals surface area (Å²) in [4.78, 5) is 11.9. The van der Waals surface area contributed by atoms with Gasteiger partial charge in [-0.1, -0.05) is 6.92 Å². The van der Waals surface area contributed by atoms with Gasteiger partial charge in [-0.05, 0) is 42.9 Å². The van der Waals surface area contributed by atoms with Crippen LogP contribution in [0.1, 0.15) is 28.4 Å². The Morgan fingerprint density at radius 1 is 1.31 bits per heavy atom. The van der Waals surface area contributed by atoms with Crippen LogP contribution in [0.4, 0.5) is 0 Å². The third-order valence-electron chi connectivity index (χ3n) is 2.70. The van der Waals surface area contributed by atoms with Crippen LogP contribution in [0.2, 0.25) is 0 Å². The van der Waals surface area contributed by atoms with Crippen LogP contribution >= 0.6 is 11.8 Å². The number of Topliss-reactive ketones (excluding diaryl/α,β-unsaturated/α-hetero) is 1. The maximum Gasteiger partial charge on any atom is 0.172 e. The highest BCUT2D eigenvalue weighted by Crippen LogP contribution is 2.24. The molecular weight excluding hydrogens is 220 g/mol. The predicted molar refractivity (Wildman–Crippen MR) is 69.8 cm³/mol. The van der Waals surface area contributed by atoms with Crippen LogP contribution in [0.15, 0.2) is 12.1 Å². The van der Waals surface area contributed by atoms with Gasteiger partial charge in [0.1, 0.15) is 5.75 Å². The molecule has 0 radical (unpaired) electrons. The molecule has 0 atom stereocenters. The van der Waals surface area contributed by atoms with E-state index >= 15 is 0 Å². The van der Waals surface area contributed by atoms with E-state index in [0.29, 0.717) is 5.75 Å². The van der Waals surface area contributed by atoms with Gasteiger partial charge < -0.3 is 4.74 Å². The Labute approximate surface area is 101 Å². The van der Waals surface area contributed by atoms with E-state index in [1.807, 2.05) is 26.0 Å². The van der Waals surface area contributed by atoms with Crippen molar-refractivity contribution in [3.8, 4) is 5.75 Å². The molecule has 1 aromatic carbocycles. The predicted octanol–water partition coefficient (Wildman–Crippen LogP) is 3.25. The standard InChI is InChI=1S/C13H18O2S/c1-5-16-8-12(14)11-6-7-13(15-4)10(3)9(11)2/h6-7H,5,8H2,1-4H3. The first-order valence-corrected chi connectivity index (χ1v) is 6.52. The van der Waals surface area contributed by atoms with Gasteiger partial charge in [-0.3, -0.25) is 4.79 Å². The van der Waals surface area contributed by atoms with E-state index < -0.39 is 0 Å². The van der Waals surface area contributed by atoms with E-state index in [1.54, 1.807) is 18.9 Å². The average molecular weight is 238 g/mol. The van der Waals surface area contributed by atoms with Gasteiger partial charge in [0.05, 0.1) is 12.9 Å². The second-order valence-electron chi connectivity index (χ2n) is 3.63. The molecule has 0 heterocycles. The SMILES string of the molecule is CCSCC(=O)c1ccc(OC)c(C)c1C. The molecule has 0 spiro atoms. The lowest BCUT2D eigenvalue weighted by Crippen LogP contribution is -2.06. The largest absolute Gasteiger partial charge is 0.496 e. The number of ketones is 1. The molecule has 1 aromatic rings. The summed E-state index contributed by atoms with van der Waals surface area (Å²) in [5, 5.41) is 0. The summed E-state index contributed by atoms with van der Waals surface area (Å²) in [6.07, 6.45) is 0. The van der Waals surface area contributed by atoms with E-state index in [-0.39, 0.29) is 5.78 Å². The first-order chi connectivity index (χ1) is 7.61. The zero-order valence-corrected chi connectivity index (χ0v) is 11.1. The van der Waals surface area contributed by atoms with Crippen LogP contribution in [0.3, 0.4) is 0 Å². The zero-order valence-electron chi connectivity index (χ0n) is 10.3. The van der Waals surface area contributed by atoms with Crippen molar-refractivity contribution in [2.75, 3.05) is 18.6 Å². The van der Waals surface area contributed by atoms with Gasteiger partial charge in [0.15, 0.2) is 5.78 Å². The van der Waals surface area contributed by atoms with Crippen LogP contribution in [0, 0.1) is 13.8 Å².